The molecular weight excluding hydrogens is 524 g/mol. The van der Waals surface area contributed by atoms with Gasteiger partial charge in [0.05, 0.1) is 13.1 Å². The first kappa shape index (κ1) is 27.3. The summed E-state index contributed by atoms with van der Waals surface area (Å²) in [5.41, 5.74) is 1.63. The van der Waals surface area contributed by atoms with E-state index in [1.165, 1.54) is 4.90 Å². The summed E-state index contributed by atoms with van der Waals surface area (Å²) >= 11 is 0. The number of alkyl halides is 3. The molecule has 2 amide bonds. The summed E-state index contributed by atoms with van der Waals surface area (Å²) in [6, 6.07) is 7.07. The zero-order valence-corrected chi connectivity index (χ0v) is 20.4. The fourth-order valence-electron chi connectivity index (χ4n) is 3.15. The normalized spacial score (nSPS) is 17.3. The summed E-state index contributed by atoms with van der Waals surface area (Å²) in [4.78, 5) is 17.7. The molecule has 176 valence electrons. The lowest BCUT2D eigenvalue weighted by molar-refractivity contribution is -0.143. The Bertz CT molecular complexity index is 712. The number of anilines is 1. The fourth-order valence-corrected chi connectivity index (χ4v) is 3.15. The molecule has 0 aliphatic carbocycles. The Hall–Kier alpha value is -1.76. The molecule has 11 heteroatoms. The average molecular weight is 556 g/mol. The van der Waals surface area contributed by atoms with Gasteiger partial charge in [-0.2, -0.15) is 13.2 Å². The molecule has 7 nitrogen and oxygen atoms in total. The second-order valence-corrected chi connectivity index (χ2v) is 7.63. The van der Waals surface area contributed by atoms with Crippen molar-refractivity contribution in [1.82, 2.24) is 20.9 Å². The van der Waals surface area contributed by atoms with Gasteiger partial charge in [0.2, 0.25) is 0 Å². The molecule has 1 aromatic rings. The molecule has 0 spiro atoms. The van der Waals surface area contributed by atoms with Crippen molar-refractivity contribution in [3.8, 4) is 0 Å². The molecule has 2 rings (SSSR count). The van der Waals surface area contributed by atoms with Gasteiger partial charge in [0, 0.05) is 37.4 Å². The predicted molar refractivity (Wildman–Crippen MR) is 128 cm³/mol. The lowest BCUT2D eigenvalue weighted by atomic mass is 10.2. The Morgan fingerprint density at radius 1 is 1.26 bits per heavy atom. The molecular formula is C20H32F3IN6O. The largest absolute Gasteiger partial charge is 0.401 e. The fraction of sp³-hybridized carbons (Fsp3) is 0.600. The van der Waals surface area contributed by atoms with Gasteiger partial charge in [0.25, 0.3) is 0 Å². The minimum absolute atomic E-state index is 0. The Morgan fingerprint density at radius 2 is 1.94 bits per heavy atom. The van der Waals surface area contributed by atoms with Crippen LogP contribution in [0.2, 0.25) is 0 Å². The first-order valence-electron chi connectivity index (χ1n) is 10.1. The summed E-state index contributed by atoms with van der Waals surface area (Å²) in [6.07, 6.45) is -3.54. The van der Waals surface area contributed by atoms with E-state index >= 15 is 0 Å². The smallest absolute Gasteiger partial charge is 0.357 e. The third kappa shape index (κ3) is 10.9. The monoisotopic (exact) mass is 556 g/mol. The molecule has 0 bridgehead atoms. The van der Waals surface area contributed by atoms with Crippen LogP contribution in [-0.2, 0) is 6.54 Å². The number of carbonyl (C=O) groups is 1. The number of aliphatic imine (C=N–C) groups is 1. The summed E-state index contributed by atoms with van der Waals surface area (Å²) in [7, 11) is 0. The number of nitrogens with one attached hydrogen (secondary N) is 4. The topological polar surface area (TPSA) is 80.8 Å². The van der Waals surface area contributed by atoms with E-state index < -0.39 is 12.7 Å². The number of hydrogen-bond donors (Lipinski definition) is 4. The van der Waals surface area contributed by atoms with Gasteiger partial charge in [-0.1, -0.05) is 12.1 Å². The predicted octanol–water partition coefficient (Wildman–Crippen LogP) is 3.53. The van der Waals surface area contributed by atoms with Crippen molar-refractivity contribution in [1.29, 1.82) is 0 Å². The molecule has 1 unspecified atom stereocenters. The van der Waals surface area contributed by atoms with Crippen LogP contribution in [0.1, 0.15) is 32.8 Å². The Morgan fingerprint density at radius 3 is 2.52 bits per heavy atom. The van der Waals surface area contributed by atoms with E-state index in [0.717, 1.165) is 5.56 Å². The lowest BCUT2D eigenvalue weighted by Gasteiger charge is -2.19. The molecule has 1 aromatic carbocycles. The van der Waals surface area contributed by atoms with Crippen molar-refractivity contribution >= 4 is 41.7 Å². The lowest BCUT2D eigenvalue weighted by Crippen LogP contribution is -2.45. The highest BCUT2D eigenvalue weighted by atomic mass is 127. The average Bonchev–Trinajstić information content (AvgIpc) is 3.05. The highest BCUT2D eigenvalue weighted by Gasteiger charge is 2.34. The number of amides is 2. The standard InChI is InChI=1S/C20H31F3N6O.HI/c1-4-24-18(27-17-9-10-29(12-17)13-20(21,22)23)25-11-15-5-7-16(8-6-15)28-19(30)26-14(2)3;/h5-8,14,17H,4,9-13H2,1-3H3,(H2,24,25,27)(H2,26,28,30);1H. The zero-order chi connectivity index (χ0) is 22.1. The van der Waals surface area contributed by atoms with Crippen LogP contribution in [0.25, 0.3) is 0 Å². The van der Waals surface area contributed by atoms with Gasteiger partial charge in [-0.25, -0.2) is 9.79 Å². The molecule has 0 aromatic heterocycles. The SMILES string of the molecule is CCNC(=NCc1ccc(NC(=O)NC(C)C)cc1)NC1CCN(CC(F)(F)F)C1.I. The number of carbonyl (C=O) groups excluding carboxylic acids is 1. The van der Waals surface area contributed by atoms with Gasteiger partial charge < -0.3 is 21.3 Å². The first-order chi connectivity index (χ1) is 14.1. The summed E-state index contributed by atoms with van der Waals surface area (Å²) < 4.78 is 37.7. The Labute approximate surface area is 198 Å². The van der Waals surface area contributed by atoms with E-state index in [4.69, 9.17) is 0 Å². The van der Waals surface area contributed by atoms with Crippen LogP contribution < -0.4 is 21.3 Å². The highest BCUT2D eigenvalue weighted by molar-refractivity contribution is 14.0. The number of likely N-dealkylation sites (tertiary alicyclic amines) is 1. The minimum Gasteiger partial charge on any atom is -0.357 e. The van der Waals surface area contributed by atoms with E-state index in [1.807, 2.05) is 32.9 Å². The second-order valence-electron chi connectivity index (χ2n) is 7.63. The number of urea groups is 1. The third-order valence-corrected chi connectivity index (χ3v) is 4.41. The van der Waals surface area contributed by atoms with Gasteiger partial charge in [0.1, 0.15) is 0 Å². The van der Waals surface area contributed by atoms with Crippen LogP contribution in [0.15, 0.2) is 29.3 Å². The third-order valence-electron chi connectivity index (χ3n) is 4.41. The summed E-state index contributed by atoms with van der Waals surface area (Å²) in [5, 5.41) is 11.9. The van der Waals surface area contributed by atoms with Crippen molar-refractivity contribution in [2.24, 2.45) is 4.99 Å². The van der Waals surface area contributed by atoms with Crippen molar-refractivity contribution in [2.45, 2.75) is 52.0 Å². The molecule has 0 radical (unpaired) electrons. The highest BCUT2D eigenvalue weighted by Crippen LogP contribution is 2.20. The van der Waals surface area contributed by atoms with Gasteiger partial charge >= 0.3 is 12.2 Å². The van der Waals surface area contributed by atoms with Gasteiger partial charge in [0.15, 0.2) is 5.96 Å². The van der Waals surface area contributed by atoms with Crippen LogP contribution in [0.5, 0.6) is 0 Å². The van der Waals surface area contributed by atoms with Gasteiger partial charge in [-0.3, -0.25) is 4.90 Å². The van der Waals surface area contributed by atoms with E-state index in [9.17, 15) is 18.0 Å². The molecule has 1 heterocycles. The molecule has 4 N–H and O–H groups in total. The molecule has 0 saturated carbocycles. The first-order valence-corrected chi connectivity index (χ1v) is 10.1. The molecule has 1 saturated heterocycles. The number of guanidine groups is 1. The number of rotatable bonds is 7. The maximum Gasteiger partial charge on any atom is 0.401 e. The second kappa shape index (κ2) is 12.9. The summed E-state index contributed by atoms with van der Waals surface area (Å²) in [5.74, 6) is 0.579. The minimum atomic E-state index is -4.18. The van der Waals surface area contributed by atoms with Crippen LogP contribution in [-0.4, -0.2) is 61.3 Å². The van der Waals surface area contributed by atoms with Crippen molar-refractivity contribution in [2.75, 3.05) is 31.5 Å². The Balaban J connectivity index is 0.00000480. The molecule has 1 aliphatic rings. The molecule has 1 aliphatic heterocycles. The number of halogens is 4. The summed E-state index contributed by atoms with van der Waals surface area (Å²) in [6.45, 7) is 6.63. The quantitative estimate of drug-likeness (QED) is 0.236. The van der Waals surface area contributed by atoms with Crippen LogP contribution >= 0.6 is 24.0 Å². The number of nitrogens with zero attached hydrogens (tertiary/aromatic N) is 2. The van der Waals surface area contributed by atoms with Crippen molar-refractivity contribution < 1.29 is 18.0 Å². The molecule has 1 fully saturated rings. The van der Waals surface area contributed by atoms with Crippen molar-refractivity contribution in [3.63, 3.8) is 0 Å². The maximum atomic E-state index is 12.6. The van der Waals surface area contributed by atoms with Crippen LogP contribution in [0, 0.1) is 0 Å². The van der Waals surface area contributed by atoms with Crippen LogP contribution in [0.3, 0.4) is 0 Å². The van der Waals surface area contributed by atoms with Crippen LogP contribution in [0.4, 0.5) is 23.7 Å². The molecule has 31 heavy (non-hydrogen) atoms. The Kier molecular flexibility index (Phi) is 11.4. The van der Waals surface area contributed by atoms with E-state index in [0.29, 0.717) is 44.2 Å². The van der Waals surface area contributed by atoms with E-state index in [1.54, 1.807) is 12.1 Å². The maximum absolute atomic E-state index is 12.6. The number of benzene rings is 1. The van der Waals surface area contributed by atoms with Gasteiger partial charge in [-0.05, 0) is 44.9 Å². The number of hydrogen-bond acceptors (Lipinski definition) is 3. The van der Waals surface area contributed by atoms with Gasteiger partial charge in [-0.15, -0.1) is 24.0 Å². The molecule has 1 atom stereocenters. The van der Waals surface area contributed by atoms with E-state index in [2.05, 4.69) is 26.3 Å². The van der Waals surface area contributed by atoms with E-state index in [-0.39, 0.29) is 42.1 Å². The zero-order valence-electron chi connectivity index (χ0n) is 18.1. The van der Waals surface area contributed by atoms with Crippen molar-refractivity contribution in [3.05, 3.63) is 29.8 Å².